The number of aliphatic hydroxyl groups excluding tert-OH is 1. The molecule has 2 atom stereocenters. The fraction of sp³-hybridized carbons (Fsp3) is 0.571. The average Bonchev–Trinajstić information content (AvgIpc) is 2.36. The maximum absolute atomic E-state index is 9.53. The Morgan fingerprint density at radius 1 is 1.29 bits per heavy atom. The fourth-order valence-corrected chi connectivity index (χ4v) is 1.69. The lowest BCUT2D eigenvalue weighted by Crippen LogP contribution is -2.28. The molecule has 0 heterocycles. The van der Waals surface area contributed by atoms with Crippen molar-refractivity contribution >= 4 is 0 Å². The lowest BCUT2D eigenvalue weighted by Gasteiger charge is -2.19. The third-order valence-electron chi connectivity index (χ3n) is 2.82. The Labute approximate surface area is 104 Å². The Kier molecular flexibility index (Phi) is 6.01. The molecular weight excluding hydrogens is 214 g/mol. The van der Waals surface area contributed by atoms with Gasteiger partial charge in [0.05, 0.1) is 12.7 Å². The van der Waals surface area contributed by atoms with Crippen molar-refractivity contribution in [3.05, 3.63) is 29.8 Å². The predicted molar refractivity (Wildman–Crippen MR) is 70.3 cm³/mol. The summed E-state index contributed by atoms with van der Waals surface area (Å²) in [5.74, 6) is 0.918. The molecule has 0 radical (unpaired) electrons. The molecular formula is C14H23NO2. The van der Waals surface area contributed by atoms with Crippen LogP contribution in [0.5, 0.6) is 5.75 Å². The van der Waals surface area contributed by atoms with Crippen LogP contribution in [0.2, 0.25) is 0 Å². The van der Waals surface area contributed by atoms with Crippen LogP contribution in [0.15, 0.2) is 24.3 Å². The quantitative estimate of drug-likeness (QED) is 0.765. The Bertz CT molecular complexity index is 328. The molecule has 0 bridgehead atoms. The molecule has 96 valence electrons. The SMILES string of the molecule is CCOc1ccccc1C(C)NCC(O)CC. The van der Waals surface area contributed by atoms with Crippen LogP contribution in [0.3, 0.4) is 0 Å². The van der Waals surface area contributed by atoms with Crippen LogP contribution in [0.4, 0.5) is 0 Å². The van der Waals surface area contributed by atoms with Crippen LogP contribution in [0, 0.1) is 0 Å². The van der Waals surface area contributed by atoms with Crippen molar-refractivity contribution in [1.82, 2.24) is 5.32 Å². The van der Waals surface area contributed by atoms with Gasteiger partial charge in [-0.15, -0.1) is 0 Å². The van der Waals surface area contributed by atoms with Crippen molar-refractivity contribution in [3.8, 4) is 5.75 Å². The summed E-state index contributed by atoms with van der Waals surface area (Å²) in [6.07, 6.45) is 0.490. The minimum absolute atomic E-state index is 0.180. The second-order valence-electron chi connectivity index (χ2n) is 4.16. The van der Waals surface area contributed by atoms with Crippen molar-refractivity contribution in [1.29, 1.82) is 0 Å². The van der Waals surface area contributed by atoms with E-state index < -0.39 is 0 Å². The first-order chi connectivity index (χ1) is 8.19. The van der Waals surface area contributed by atoms with Gasteiger partial charge in [0.15, 0.2) is 0 Å². The van der Waals surface area contributed by atoms with E-state index in [0.29, 0.717) is 13.2 Å². The van der Waals surface area contributed by atoms with Gasteiger partial charge in [-0.3, -0.25) is 0 Å². The van der Waals surface area contributed by atoms with Crippen molar-refractivity contribution < 1.29 is 9.84 Å². The summed E-state index contributed by atoms with van der Waals surface area (Å²) >= 11 is 0. The third-order valence-corrected chi connectivity index (χ3v) is 2.82. The molecule has 1 aromatic carbocycles. The molecule has 3 nitrogen and oxygen atoms in total. The molecule has 2 N–H and O–H groups in total. The molecule has 17 heavy (non-hydrogen) atoms. The van der Waals surface area contributed by atoms with Crippen molar-refractivity contribution in [2.45, 2.75) is 39.3 Å². The highest BCUT2D eigenvalue weighted by Crippen LogP contribution is 2.24. The van der Waals surface area contributed by atoms with E-state index in [-0.39, 0.29) is 12.1 Å². The van der Waals surface area contributed by atoms with Crippen LogP contribution in [0.25, 0.3) is 0 Å². The van der Waals surface area contributed by atoms with Crippen LogP contribution in [0.1, 0.15) is 38.8 Å². The number of nitrogens with one attached hydrogen (secondary N) is 1. The molecule has 0 saturated heterocycles. The second kappa shape index (κ2) is 7.30. The van der Waals surface area contributed by atoms with E-state index in [2.05, 4.69) is 18.3 Å². The van der Waals surface area contributed by atoms with E-state index in [4.69, 9.17) is 4.74 Å². The number of para-hydroxylation sites is 1. The van der Waals surface area contributed by atoms with Gasteiger partial charge in [0.25, 0.3) is 0 Å². The molecule has 0 aromatic heterocycles. The van der Waals surface area contributed by atoms with Crippen LogP contribution in [-0.2, 0) is 0 Å². The van der Waals surface area contributed by atoms with Crippen molar-refractivity contribution in [2.24, 2.45) is 0 Å². The zero-order valence-corrected chi connectivity index (χ0v) is 10.9. The maximum Gasteiger partial charge on any atom is 0.124 e. The topological polar surface area (TPSA) is 41.5 Å². The van der Waals surface area contributed by atoms with Crippen LogP contribution >= 0.6 is 0 Å². The summed E-state index contributed by atoms with van der Waals surface area (Å²) in [4.78, 5) is 0. The fourth-order valence-electron chi connectivity index (χ4n) is 1.69. The van der Waals surface area contributed by atoms with Gasteiger partial charge < -0.3 is 15.2 Å². The summed E-state index contributed by atoms with van der Waals surface area (Å²) < 4.78 is 5.59. The number of hydrogen-bond acceptors (Lipinski definition) is 3. The largest absolute Gasteiger partial charge is 0.494 e. The highest BCUT2D eigenvalue weighted by molar-refractivity contribution is 5.35. The van der Waals surface area contributed by atoms with Gasteiger partial charge in [0, 0.05) is 18.2 Å². The second-order valence-corrected chi connectivity index (χ2v) is 4.16. The number of hydrogen-bond donors (Lipinski definition) is 2. The first-order valence-corrected chi connectivity index (χ1v) is 6.32. The smallest absolute Gasteiger partial charge is 0.124 e. The summed E-state index contributed by atoms with van der Waals surface area (Å²) in [6.45, 7) is 7.32. The minimum Gasteiger partial charge on any atom is -0.494 e. The monoisotopic (exact) mass is 237 g/mol. The zero-order valence-electron chi connectivity index (χ0n) is 10.9. The molecule has 0 aliphatic rings. The highest BCUT2D eigenvalue weighted by Gasteiger charge is 2.11. The van der Waals surface area contributed by atoms with E-state index in [1.54, 1.807) is 0 Å². The van der Waals surface area contributed by atoms with Crippen LogP contribution < -0.4 is 10.1 Å². The Balaban J connectivity index is 2.64. The lowest BCUT2D eigenvalue weighted by atomic mass is 10.1. The van der Waals surface area contributed by atoms with Gasteiger partial charge in [0.2, 0.25) is 0 Å². The molecule has 0 spiro atoms. The minimum atomic E-state index is -0.281. The molecule has 0 fully saturated rings. The van der Waals surface area contributed by atoms with Gasteiger partial charge in [0.1, 0.15) is 5.75 Å². The summed E-state index contributed by atoms with van der Waals surface area (Å²) in [5.41, 5.74) is 1.14. The number of rotatable bonds is 7. The first kappa shape index (κ1) is 14.0. The molecule has 0 saturated carbocycles. The maximum atomic E-state index is 9.53. The molecule has 0 aliphatic carbocycles. The van der Waals surface area contributed by atoms with Crippen molar-refractivity contribution in [3.63, 3.8) is 0 Å². The molecule has 3 heteroatoms. The van der Waals surface area contributed by atoms with Crippen LogP contribution in [-0.4, -0.2) is 24.4 Å². The predicted octanol–water partition coefficient (Wildman–Crippen LogP) is 2.51. The van der Waals surface area contributed by atoms with Gasteiger partial charge in [-0.05, 0) is 26.3 Å². The van der Waals surface area contributed by atoms with E-state index in [1.807, 2.05) is 32.0 Å². The van der Waals surface area contributed by atoms with Gasteiger partial charge in [-0.2, -0.15) is 0 Å². The molecule has 0 amide bonds. The average molecular weight is 237 g/mol. The normalized spacial score (nSPS) is 14.4. The molecule has 2 unspecified atom stereocenters. The summed E-state index contributed by atoms with van der Waals surface area (Å²) in [6, 6.07) is 8.20. The van der Waals surface area contributed by atoms with E-state index >= 15 is 0 Å². The van der Waals surface area contributed by atoms with E-state index in [9.17, 15) is 5.11 Å². The molecule has 0 aliphatic heterocycles. The Morgan fingerprint density at radius 2 is 2.00 bits per heavy atom. The standard InChI is InChI=1S/C14H23NO2/c1-4-12(16)10-15-11(3)13-8-6-7-9-14(13)17-5-2/h6-9,11-12,15-16H,4-5,10H2,1-3H3. The Morgan fingerprint density at radius 3 is 2.65 bits per heavy atom. The number of ether oxygens (including phenoxy) is 1. The first-order valence-electron chi connectivity index (χ1n) is 6.32. The third kappa shape index (κ3) is 4.36. The molecule has 1 aromatic rings. The van der Waals surface area contributed by atoms with E-state index in [0.717, 1.165) is 17.7 Å². The summed E-state index contributed by atoms with van der Waals surface area (Å²) in [5, 5.41) is 12.9. The number of aliphatic hydroxyl groups is 1. The van der Waals surface area contributed by atoms with E-state index in [1.165, 1.54) is 0 Å². The van der Waals surface area contributed by atoms with Crippen molar-refractivity contribution in [2.75, 3.05) is 13.2 Å². The highest BCUT2D eigenvalue weighted by atomic mass is 16.5. The van der Waals surface area contributed by atoms with Gasteiger partial charge in [-0.25, -0.2) is 0 Å². The zero-order chi connectivity index (χ0) is 12.7. The Hall–Kier alpha value is -1.06. The number of benzene rings is 1. The van der Waals surface area contributed by atoms with Gasteiger partial charge in [-0.1, -0.05) is 25.1 Å². The molecule has 1 rings (SSSR count). The van der Waals surface area contributed by atoms with Gasteiger partial charge >= 0.3 is 0 Å². The lowest BCUT2D eigenvalue weighted by molar-refractivity contribution is 0.163. The summed E-state index contributed by atoms with van der Waals surface area (Å²) in [7, 11) is 0.